The fourth-order valence-electron chi connectivity index (χ4n) is 1.90. The number of rotatable bonds is 9. The van der Waals surface area contributed by atoms with Gasteiger partial charge in [0.2, 0.25) is 5.13 Å². The highest BCUT2D eigenvalue weighted by Gasteiger charge is 2.09. The number of hydrogen-bond acceptors (Lipinski definition) is 7. The molecule has 0 unspecified atom stereocenters. The zero-order chi connectivity index (χ0) is 18.9. The summed E-state index contributed by atoms with van der Waals surface area (Å²) in [6, 6.07) is 3.37. The van der Waals surface area contributed by atoms with Crippen LogP contribution in [0.1, 0.15) is 18.2 Å². The van der Waals surface area contributed by atoms with Crippen LogP contribution < -0.4 is 10.2 Å². The van der Waals surface area contributed by atoms with Gasteiger partial charge in [-0.15, -0.1) is 11.3 Å². The molecule has 0 spiro atoms. The molecule has 0 saturated carbocycles. The zero-order valence-electron chi connectivity index (χ0n) is 14.0. The molecule has 6 nitrogen and oxygen atoms in total. The van der Waals surface area contributed by atoms with E-state index in [9.17, 15) is 4.79 Å². The first-order valence-electron chi connectivity index (χ1n) is 7.65. The summed E-state index contributed by atoms with van der Waals surface area (Å²) in [5, 5.41) is 7.19. The van der Waals surface area contributed by atoms with E-state index in [4.69, 9.17) is 32.7 Å². The fraction of sp³-hybridized carbons (Fsp3) is 0.235. The van der Waals surface area contributed by atoms with Gasteiger partial charge in [-0.3, -0.25) is 10.2 Å². The lowest BCUT2D eigenvalue weighted by atomic mass is 10.2. The van der Waals surface area contributed by atoms with Gasteiger partial charge in [0.1, 0.15) is 6.61 Å². The van der Waals surface area contributed by atoms with Crippen molar-refractivity contribution in [2.24, 2.45) is 5.10 Å². The molecule has 1 aromatic carbocycles. The van der Waals surface area contributed by atoms with E-state index < -0.39 is 0 Å². The Morgan fingerprint density at radius 1 is 1.42 bits per heavy atom. The summed E-state index contributed by atoms with van der Waals surface area (Å²) in [5.74, 6) is 0.0952. The second-order valence-corrected chi connectivity index (χ2v) is 6.58. The minimum Gasteiger partial charge on any atom is -0.486 e. The van der Waals surface area contributed by atoms with Crippen LogP contribution in [0.2, 0.25) is 10.0 Å². The Bertz CT molecular complexity index is 785. The second-order valence-electron chi connectivity index (χ2n) is 4.91. The Morgan fingerprint density at radius 2 is 2.15 bits per heavy atom. The molecule has 0 aliphatic heterocycles. The summed E-state index contributed by atoms with van der Waals surface area (Å²) >= 11 is 13.7. The van der Waals surface area contributed by atoms with E-state index in [0.717, 1.165) is 0 Å². The number of carbonyl (C=O) groups is 1. The molecule has 0 aliphatic carbocycles. The molecule has 1 heterocycles. The van der Waals surface area contributed by atoms with Crippen LogP contribution in [-0.4, -0.2) is 30.4 Å². The van der Waals surface area contributed by atoms with Gasteiger partial charge in [0.15, 0.2) is 5.75 Å². The predicted octanol–water partition coefficient (Wildman–Crippen LogP) is 4.57. The summed E-state index contributed by atoms with van der Waals surface area (Å²) in [4.78, 5) is 15.7. The number of thiazole rings is 1. The number of esters is 1. The van der Waals surface area contributed by atoms with Crippen LogP contribution in [0.4, 0.5) is 5.13 Å². The maximum absolute atomic E-state index is 11.4. The lowest BCUT2D eigenvalue weighted by Gasteiger charge is -2.08. The minimum absolute atomic E-state index is 0.132. The molecule has 0 radical (unpaired) electrons. The van der Waals surface area contributed by atoms with E-state index >= 15 is 0 Å². The average Bonchev–Trinajstić information content (AvgIpc) is 3.01. The maximum Gasteiger partial charge on any atom is 0.311 e. The van der Waals surface area contributed by atoms with Crippen molar-refractivity contribution in [1.29, 1.82) is 0 Å². The largest absolute Gasteiger partial charge is 0.486 e. The van der Waals surface area contributed by atoms with Crippen molar-refractivity contribution in [3.05, 3.63) is 51.5 Å². The van der Waals surface area contributed by atoms with Gasteiger partial charge in [-0.1, -0.05) is 35.9 Å². The number of benzene rings is 1. The highest BCUT2D eigenvalue weighted by molar-refractivity contribution is 7.13. The Balaban J connectivity index is 1.97. The van der Waals surface area contributed by atoms with Gasteiger partial charge in [0, 0.05) is 5.38 Å². The number of nitrogens with zero attached hydrogens (tertiary/aromatic N) is 2. The van der Waals surface area contributed by atoms with Crippen LogP contribution >= 0.6 is 34.5 Å². The normalized spacial score (nSPS) is 10.7. The Hall–Kier alpha value is -2.09. The van der Waals surface area contributed by atoms with Crippen molar-refractivity contribution in [2.75, 3.05) is 18.6 Å². The second kappa shape index (κ2) is 10.2. The first kappa shape index (κ1) is 20.2. The molecule has 9 heteroatoms. The summed E-state index contributed by atoms with van der Waals surface area (Å²) in [6.07, 6.45) is 3.30. The zero-order valence-corrected chi connectivity index (χ0v) is 16.3. The van der Waals surface area contributed by atoms with Crippen LogP contribution in [0.5, 0.6) is 5.75 Å². The van der Waals surface area contributed by atoms with Crippen molar-refractivity contribution < 1.29 is 14.3 Å². The smallest absolute Gasteiger partial charge is 0.311 e. The average molecular weight is 414 g/mol. The molecule has 0 fully saturated rings. The number of aromatic nitrogens is 1. The summed E-state index contributed by atoms with van der Waals surface area (Å²) in [6.45, 7) is 6.00. The third-order valence-corrected chi connectivity index (χ3v) is 4.28. The molecule has 2 rings (SSSR count). The Morgan fingerprint density at radius 3 is 2.81 bits per heavy atom. The van der Waals surface area contributed by atoms with Crippen molar-refractivity contribution in [1.82, 2.24) is 4.98 Å². The van der Waals surface area contributed by atoms with Crippen LogP contribution in [0.25, 0.3) is 0 Å². The van der Waals surface area contributed by atoms with Gasteiger partial charge in [0.05, 0.1) is 35.0 Å². The molecule has 0 bridgehead atoms. The maximum atomic E-state index is 11.4. The third kappa shape index (κ3) is 6.01. The summed E-state index contributed by atoms with van der Waals surface area (Å²) < 4.78 is 10.3. The molecule has 0 saturated heterocycles. The predicted molar refractivity (Wildman–Crippen MR) is 106 cm³/mol. The number of halogens is 2. The summed E-state index contributed by atoms with van der Waals surface area (Å²) in [5.41, 5.74) is 4.12. The minimum atomic E-state index is -0.309. The number of anilines is 1. The molecule has 0 amide bonds. The SMILES string of the molecule is C=CCOc1c(Cl)cc(C=NNc2nc(CC(=O)OCC)cs2)cc1Cl. The molecule has 26 heavy (non-hydrogen) atoms. The van der Waals surface area contributed by atoms with Gasteiger partial charge in [-0.2, -0.15) is 5.10 Å². The van der Waals surface area contributed by atoms with Gasteiger partial charge in [-0.25, -0.2) is 4.98 Å². The van der Waals surface area contributed by atoms with Crippen molar-refractivity contribution in [3.8, 4) is 5.75 Å². The van der Waals surface area contributed by atoms with E-state index in [1.165, 1.54) is 11.3 Å². The van der Waals surface area contributed by atoms with E-state index in [0.29, 0.717) is 45.4 Å². The number of carbonyl (C=O) groups excluding carboxylic acids is 1. The van der Waals surface area contributed by atoms with E-state index in [2.05, 4.69) is 22.1 Å². The standard InChI is InChI=1S/C17H17Cl2N3O3S/c1-3-5-25-16-13(18)6-11(7-14(16)19)9-20-22-17-21-12(10-26-17)8-15(23)24-4-2/h3,6-7,9-10H,1,4-5,8H2,2H3,(H,21,22). The van der Waals surface area contributed by atoms with Gasteiger partial charge < -0.3 is 9.47 Å². The number of hydrazone groups is 1. The monoisotopic (exact) mass is 413 g/mol. The first-order chi connectivity index (χ1) is 12.5. The third-order valence-electron chi connectivity index (χ3n) is 2.92. The quantitative estimate of drug-likeness (QED) is 0.282. The lowest BCUT2D eigenvalue weighted by molar-refractivity contribution is -0.142. The van der Waals surface area contributed by atoms with Crippen LogP contribution in [-0.2, 0) is 16.0 Å². The van der Waals surface area contributed by atoms with Crippen molar-refractivity contribution >= 4 is 51.9 Å². The van der Waals surface area contributed by atoms with Gasteiger partial charge in [0.25, 0.3) is 0 Å². The van der Waals surface area contributed by atoms with Crippen LogP contribution in [0.3, 0.4) is 0 Å². The molecule has 1 aromatic heterocycles. The molecule has 0 aliphatic rings. The van der Waals surface area contributed by atoms with E-state index in [1.54, 1.807) is 36.7 Å². The molecule has 2 aromatic rings. The molecular formula is C17H17Cl2N3O3S. The topological polar surface area (TPSA) is 72.8 Å². The number of nitrogens with one attached hydrogen (secondary N) is 1. The van der Waals surface area contributed by atoms with Crippen molar-refractivity contribution in [3.63, 3.8) is 0 Å². The molecule has 138 valence electrons. The Kier molecular flexibility index (Phi) is 7.90. The first-order valence-corrected chi connectivity index (χ1v) is 9.28. The van der Waals surface area contributed by atoms with E-state index in [1.807, 2.05) is 0 Å². The fourth-order valence-corrected chi connectivity index (χ4v) is 3.17. The van der Waals surface area contributed by atoms with Gasteiger partial charge >= 0.3 is 5.97 Å². The molecule has 0 atom stereocenters. The van der Waals surface area contributed by atoms with Crippen molar-refractivity contribution in [2.45, 2.75) is 13.3 Å². The Labute approximate surface area is 165 Å². The van der Waals surface area contributed by atoms with Gasteiger partial charge in [-0.05, 0) is 24.6 Å². The lowest BCUT2D eigenvalue weighted by Crippen LogP contribution is -2.07. The van der Waals surface area contributed by atoms with Crippen LogP contribution in [0.15, 0.2) is 35.3 Å². The van der Waals surface area contributed by atoms with Crippen LogP contribution in [0, 0.1) is 0 Å². The molecule has 1 N–H and O–H groups in total. The summed E-state index contributed by atoms with van der Waals surface area (Å²) in [7, 11) is 0. The number of ether oxygens (including phenoxy) is 2. The van der Waals surface area contributed by atoms with E-state index in [-0.39, 0.29) is 12.4 Å². The molecular weight excluding hydrogens is 397 g/mol. The highest BCUT2D eigenvalue weighted by atomic mass is 35.5. The highest BCUT2D eigenvalue weighted by Crippen LogP contribution is 2.33. The number of hydrogen-bond donors (Lipinski definition) is 1.